The van der Waals surface area contributed by atoms with E-state index in [1.807, 2.05) is 11.3 Å². The maximum absolute atomic E-state index is 3.57. The van der Waals surface area contributed by atoms with Gasteiger partial charge in [0, 0.05) is 21.3 Å². The SMILES string of the molecule is CNCC1(Cc2cc(Br)cs2)CC2CCC1C2. The molecule has 0 aliphatic heterocycles. The average Bonchev–Trinajstić information content (AvgIpc) is 2.95. The lowest BCUT2D eigenvalue weighted by atomic mass is 9.70. The maximum atomic E-state index is 3.57. The Labute approximate surface area is 116 Å². The van der Waals surface area contributed by atoms with E-state index in [4.69, 9.17) is 0 Å². The van der Waals surface area contributed by atoms with Crippen LogP contribution in [0, 0.1) is 17.3 Å². The van der Waals surface area contributed by atoms with E-state index in [0.717, 1.165) is 11.8 Å². The van der Waals surface area contributed by atoms with Gasteiger partial charge in [0.15, 0.2) is 0 Å². The molecule has 0 radical (unpaired) electrons. The lowest BCUT2D eigenvalue weighted by molar-refractivity contribution is 0.161. The van der Waals surface area contributed by atoms with Gasteiger partial charge in [0.2, 0.25) is 0 Å². The van der Waals surface area contributed by atoms with Gasteiger partial charge in [-0.2, -0.15) is 0 Å². The van der Waals surface area contributed by atoms with Crippen molar-refractivity contribution in [2.75, 3.05) is 13.6 Å². The van der Waals surface area contributed by atoms with E-state index in [9.17, 15) is 0 Å². The van der Waals surface area contributed by atoms with Gasteiger partial charge in [-0.1, -0.05) is 6.42 Å². The van der Waals surface area contributed by atoms with E-state index < -0.39 is 0 Å². The number of hydrogen-bond acceptors (Lipinski definition) is 2. The van der Waals surface area contributed by atoms with Crippen LogP contribution in [0.25, 0.3) is 0 Å². The molecule has 3 heteroatoms. The van der Waals surface area contributed by atoms with Gasteiger partial charge in [0.1, 0.15) is 0 Å². The Morgan fingerprint density at radius 3 is 2.94 bits per heavy atom. The molecule has 17 heavy (non-hydrogen) atoms. The Kier molecular flexibility index (Phi) is 3.35. The summed E-state index contributed by atoms with van der Waals surface area (Å²) < 4.78 is 1.25. The largest absolute Gasteiger partial charge is 0.319 e. The van der Waals surface area contributed by atoms with Gasteiger partial charge in [-0.05, 0) is 72.0 Å². The molecular weight excluding hydrogens is 294 g/mol. The highest BCUT2D eigenvalue weighted by Crippen LogP contribution is 2.57. The normalized spacial score (nSPS) is 35.6. The van der Waals surface area contributed by atoms with Gasteiger partial charge in [0.25, 0.3) is 0 Å². The second-order valence-electron chi connectivity index (χ2n) is 5.88. The zero-order chi connectivity index (χ0) is 11.9. The molecule has 1 aromatic heterocycles. The van der Waals surface area contributed by atoms with E-state index in [1.165, 1.54) is 43.1 Å². The highest BCUT2D eigenvalue weighted by molar-refractivity contribution is 9.10. The fourth-order valence-corrected chi connectivity index (χ4v) is 5.81. The number of halogens is 1. The van der Waals surface area contributed by atoms with Gasteiger partial charge < -0.3 is 5.32 Å². The van der Waals surface area contributed by atoms with E-state index in [2.05, 4.69) is 39.7 Å². The third kappa shape index (κ3) is 2.22. The lowest BCUT2D eigenvalue weighted by Gasteiger charge is -2.37. The number of hydrogen-bond donors (Lipinski definition) is 1. The van der Waals surface area contributed by atoms with Gasteiger partial charge in [-0.3, -0.25) is 0 Å². The van der Waals surface area contributed by atoms with Crippen molar-refractivity contribution in [3.63, 3.8) is 0 Å². The number of rotatable bonds is 4. The lowest BCUT2D eigenvalue weighted by Crippen LogP contribution is -2.39. The molecule has 2 bridgehead atoms. The third-order valence-corrected chi connectivity index (χ3v) is 6.48. The standard InChI is InChI=1S/C14H20BrNS/c1-16-9-14(6-10-2-3-11(14)4-10)7-13-5-12(15)8-17-13/h5,8,10-11,16H,2-4,6-7,9H2,1H3. The first-order chi connectivity index (χ1) is 8.22. The van der Waals surface area contributed by atoms with Gasteiger partial charge in [-0.25, -0.2) is 0 Å². The Morgan fingerprint density at radius 1 is 1.53 bits per heavy atom. The van der Waals surface area contributed by atoms with Crippen LogP contribution in [0.3, 0.4) is 0 Å². The van der Waals surface area contributed by atoms with Gasteiger partial charge in [-0.15, -0.1) is 11.3 Å². The average molecular weight is 314 g/mol. The minimum absolute atomic E-state index is 0.557. The number of thiophene rings is 1. The van der Waals surface area contributed by atoms with Crippen LogP contribution in [0.5, 0.6) is 0 Å². The van der Waals surface area contributed by atoms with E-state index in [0.29, 0.717) is 5.41 Å². The van der Waals surface area contributed by atoms with Crippen LogP contribution >= 0.6 is 27.3 Å². The smallest absolute Gasteiger partial charge is 0.0285 e. The van der Waals surface area contributed by atoms with E-state index in [-0.39, 0.29) is 0 Å². The second-order valence-corrected chi connectivity index (χ2v) is 7.79. The van der Waals surface area contributed by atoms with Crippen LogP contribution in [-0.4, -0.2) is 13.6 Å². The van der Waals surface area contributed by atoms with Crippen molar-refractivity contribution in [2.45, 2.75) is 32.1 Å². The molecular formula is C14H20BrNS. The van der Waals surface area contributed by atoms with Crippen molar-refractivity contribution in [1.82, 2.24) is 5.32 Å². The zero-order valence-electron chi connectivity index (χ0n) is 10.3. The minimum Gasteiger partial charge on any atom is -0.319 e. The van der Waals surface area contributed by atoms with Crippen LogP contribution in [0.2, 0.25) is 0 Å². The van der Waals surface area contributed by atoms with Crippen LogP contribution in [0.1, 0.15) is 30.6 Å². The predicted molar refractivity (Wildman–Crippen MR) is 77.5 cm³/mol. The molecule has 0 aromatic carbocycles. The minimum atomic E-state index is 0.557. The zero-order valence-corrected chi connectivity index (χ0v) is 12.7. The quantitative estimate of drug-likeness (QED) is 0.883. The molecule has 94 valence electrons. The summed E-state index contributed by atoms with van der Waals surface area (Å²) in [4.78, 5) is 1.56. The van der Waals surface area contributed by atoms with Crippen LogP contribution in [0.4, 0.5) is 0 Å². The van der Waals surface area contributed by atoms with E-state index in [1.54, 1.807) is 4.88 Å². The Bertz CT molecular complexity index is 403. The molecule has 3 atom stereocenters. The van der Waals surface area contributed by atoms with Crippen molar-refractivity contribution in [3.8, 4) is 0 Å². The summed E-state index contributed by atoms with van der Waals surface area (Å²) in [6, 6.07) is 2.31. The highest BCUT2D eigenvalue weighted by atomic mass is 79.9. The Morgan fingerprint density at radius 2 is 2.41 bits per heavy atom. The molecule has 0 amide bonds. The Balaban J connectivity index is 1.81. The summed E-state index contributed by atoms with van der Waals surface area (Å²) in [7, 11) is 2.11. The van der Waals surface area contributed by atoms with E-state index >= 15 is 0 Å². The monoisotopic (exact) mass is 313 g/mol. The summed E-state index contributed by atoms with van der Waals surface area (Å²) >= 11 is 5.49. The van der Waals surface area contributed by atoms with Crippen molar-refractivity contribution in [2.24, 2.45) is 17.3 Å². The number of nitrogens with one attached hydrogen (secondary N) is 1. The second kappa shape index (κ2) is 4.67. The molecule has 1 nitrogen and oxygen atoms in total. The van der Waals surface area contributed by atoms with Crippen molar-refractivity contribution < 1.29 is 0 Å². The molecule has 2 aliphatic rings. The van der Waals surface area contributed by atoms with Gasteiger partial charge >= 0.3 is 0 Å². The molecule has 1 aromatic rings. The summed E-state index contributed by atoms with van der Waals surface area (Å²) in [5.74, 6) is 2.00. The molecule has 0 spiro atoms. The summed E-state index contributed by atoms with van der Waals surface area (Å²) in [5.41, 5.74) is 0.557. The summed E-state index contributed by atoms with van der Waals surface area (Å²) in [6.45, 7) is 1.20. The molecule has 0 saturated heterocycles. The topological polar surface area (TPSA) is 12.0 Å². The van der Waals surface area contributed by atoms with Crippen LogP contribution in [0.15, 0.2) is 15.9 Å². The molecule has 2 saturated carbocycles. The van der Waals surface area contributed by atoms with Crippen molar-refractivity contribution in [1.29, 1.82) is 0 Å². The molecule has 1 heterocycles. The number of fused-ring (bicyclic) bond motifs is 2. The van der Waals surface area contributed by atoms with Crippen LogP contribution in [-0.2, 0) is 6.42 Å². The fourth-order valence-electron chi connectivity index (χ4n) is 4.20. The predicted octanol–water partition coefficient (Wildman–Crippen LogP) is 4.08. The summed E-state index contributed by atoms with van der Waals surface area (Å²) in [5, 5.41) is 5.67. The van der Waals surface area contributed by atoms with Crippen molar-refractivity contribution >= 4 is 27.3 Å². The first-order valence-electron chi connectivity index (χ1n) is 6.59. The molecule has 2 aliphatic carbocycles. The molecule has 1 N–H and O–H groups in total. The molecule has 2 fully saturated rings. The third-order valence-electron chi connectivity index (χ3n) is 4.78. The maximum Gasteiger partial charge on any atom is 0.0285 e. The molecule has 3 rings (SSSR count). The highest BCUT2D eigenvalue weighted by Gasteiger charge is 2.50. The Hall–Kier alpha value is 0.140. The summed E-state index contributed by atoms with van der Waals surface area (Å²) in [6.07, 6.45) is 7.19. The molecule has 3 unspecified atom stereocenters. The van der Waals surface area contributed by atoms with Gasteiger partial charge in [0.05, 0.1) is 0 Å². The first kappa shape index (κ1) is 12.2. The first-order valence-corrected chi connectivity index (χ1v) is 8.27. The fraction of sp³-hybridized carbons (Fsp3) is 0.714. The van der Waals surface area contributed by atoms with Crippen molar-refractivity contribution in [3.05, 3.63) is 20.8 Å². The van der Waals surface area contributed by atoms with Crippen LogP contribution < -0.4 is 5.32 Å².